The van der Waals surface area contributed by atoms with Gasteiger partial charge in [-0.25, -0.2) is 0 Å². The van der Waals surface area contributed by atoms with Crippen molar-refractivity contribution in [3.8, 4) is 17.2 Å². The quantitative estimate of drug-likeness (QED) is 0.402. The minimum atomic E-state index is 0.442. The van der Waals surface area contributed by atoms with Gasteiger partial charge in [-0.3, -0.25) is 0 Å². The fraction of sp³-hybridized carbons (Fsp3) is 0.280. The van der Waals surface area contributed by atoms with E-state index >= 15 is 0 Å². The predicted molar refractivity (Wildman–Crippen MR) is 122 cm³/mol. The Kier molecular flexibility index (Phi) is 8.42. The molecular weight excluding hydrogens is 398 g/mol. The summed E-state index contributed by atoms with van der Waals surface area (Å²) in [6, 6.07) is 22.0. The van der Waals surface area contributed by atoms with Crippen LogP contribution in [0.1, 0.15) is 23.6 Å². The average molecular weight is 426 g/mol. The zero-order valence-electron chi connectivity index (χ0n) is 17.5. The van der Waals surface area contributed by atoms with Crippen LogP contribution in [0.3, 0.4) is 0 Å². The van der Waals surface area contributed by atoms with E-state index in [-0.39, 0.29) is 0 Å². The van der Waals surface area contributed by atoms with E-state index in [1.54, 1.807) is 7.11 Å². The molecule has 3 rings (SSSR count). The average Bonchev–Trinajstić information content (AvgIpc) is 2.77. The topological polar surface area (TPSA) is 39.7 Å². The van der Waals surface area contributed by atoms with Crippen LogP contribution in [0.4, 0.5) is 0 Å². The zero-order valence-corrected chi connectivity index (χ0v) is 18.2. The van der Waals surface area contributed by atoms with Gasteiger partial charge < -0.3 is 19.5 Å². The molecule has 0 aromatic heterocycles. The van der Waals surface area contributed by atoms with Crippen molar-refractivity contribution < 1.29 is 14.2 Å². The highest BCUT2D eigenvalue weighted by atomic mass is 35.5. The Morgan fingerprint density at radius 1 is 0.867 bits per heavy atom. The molecule has 0 bridgehead atoms. The lowest BCUT2D eigenvalue weighted by Gasteiger charge is -2.16. The third-order valence-corrected chi connectivity index (χ3v) is 4.97. The van der Waals surface area contributed by atoms with Crippen LogP contribution in [0, 0.1) is 0 Å². The highest BCUT2D eigenvalue weighted by Gasteiger charge is 2.13. The number of para-hydroxylation sites is 1. The fourth-order valence-corrected chi connectivity index (χ4v) is 3.51. The number of nitrogens with one attached hydrogen (secondary N) is 1. The third-order valence-electron chi connectivity index (χ3n) is 4.69. The number of hydrogen-bond acceptors (Lipinski definition) is 4. The molecule has 0 atom stereocenters. The van der Waals surface area contributed by atoms with E-state index in [0.29, 0.717) is 36.3 Å². The van der Waals surface area contributed by atoms with Gasteiger partial charge in [0, 0.05) is 6.54 Å². The fourth-order valence-electron chi connectivity index (χ4n) is 3.22. The van der Waals surface area contributed by atoms with Crippen LogP contribution < -0.4 is 19.5 Å². The molecule has 1 N–H and O–H groups in total. The standard InChI is InChI=1S/C25H28ClNO3/c1-3-29-24-16-20(17-27-14-13-21-11-7-8-12-23(21)28-2)15-22(26)25(24)30-18-19-9-5-4-6-10-19/h4-12,15-16,27H,3,13-14,17-18H2,1-2H3. The number of halogens is 1. The minimum absolute atomic E-state index is 0.442. The number of hydrogen-bond donors (Lipinski definition) is 1. The summed E-state index contributed by atoms with van der Waals surface area (Å²) in [6.45, 7) is 4.45. The van der Waals surface area contributed by atoms with Crippen LogP contribution in [0.2, 0.25) is 5.02 Å². The first-order valence-electron chi connectivity index (χ1n) is 10.2. The highest BCUT2D eigenvalue weighted by molar-refractivity contribution is 6.32. The number of ether oxygens (including phenoxy) is 3. The molecule has 0 fully saturated rings. The smallest absolute Gasteiger partial charge is 0.180 e. The van der Waals surface area contributed by atoms with Gasteiger partial charge in [-0.15, -0.1) is 0 Å². The molecule has 0 heterocycles. The summed E-state index contributed by atoms with van der Waals surface area (Å²) >= 11 is 6.54. The Hall–Kier alpha value is -2.69. The van der Waals surface area contributed by atoms with Gasteiger partial charge in [-0.1, -0.05) is 60.1 Å². The predicted octanol–water partition coefficient (Wildman–Crippen LogP) is 5.66. The van der Waals surface area contributed by atoms with Crippen LogP contribution in [0.5, 0.6) is 17.2 Å². The molecule has 4 nitrogen and oxygen atoms in total. The Balaban J connectivity index is 1.61. The van der Waals surface area contributed by atoms with E-state index in [1.165, 1.54) is 5.56 Å². The van der Waals surface area contributed by atoms with Gasteiger partial charge in [0.25, 0.3) is 0 Å². The molecule has 158 valence electrons. The summed E-state index contributed by atoms with van der Waals surface area (Å²) in [5.41, 5.74) is 3.32. The monoisotopic (exact) mass is 425 g/mol. The number of benzene rings is 3. The summed E-state index contributed by atoms with van der Waals surface area (Å²) in [4.78, 5) is 0. The van der Waals surface area contributed by atoms with Crippen LogP contribution in [-0.4, -0.2) is 20.3 Å². The number of rotatable bonds is 11. The molecule has 0 aliphatic rings. The second-order valence-electron chi connectivity index (χ2n) is 6.85. The van der Waals surface area contributed by atoms with Crippen molar-refractivity contribution in [1.29, 1.82) is 0 Å². The molecule has 0 unspecified atom stereocenters. The first-order chi connectivity index (χ1) is 14.7. The molecule has 0 saturated carbocycles. The summed E-state index contributed by atoms with van der Waals surface area (Å²) < 4.78 is 17.2. The van der Waals surface area contributed by atoms with Crippen molar-refractivity contribution in [2.45, 2.75) is 26.5 Å². The van der Waals surface area contributed by atoms with Crippen LogP contribution in [0.25, 0.3) is 0 Å². The lowest BCUT2D eigenvalue weighted by atomic mass is 10.1. The van der Waals surface area contributed by atoms with E-state index in [4.69, 9.17) is 25.8 Å². The van der Waals surface area contributed by atoms with Gasteiger partial charge in [0.15, 0.2) is 11.5 Å². The van der Waals surface area contributed by atoms with Gasteiger partial charge in [-0.2, -0.15) is 0 Å². The molecule has 5 heteroatoms. The van der Waals surface area contributed by atoms with E-state index in [1.807, 2.05) is 67.6 Å². The van der Waals surface area contributed by atoms with Gasteiger partial charge in [0.05, 0.1) is 18.7 Å². The van der Waals surface area contributed by atoms with Crippen molar-refractivity contribution in [3.63, 3.8) is 0 Å². The maximum atomic E-state index is 6.54. The maximum Gasteiger partial charge on any atom is 0.180 e. The maximum absolute atomic E-state index is 6.54. The summed E-state index contributed by atoms with van der Waals surface area (Å²) in [7, 11) is 1.70. The van der Waals surface area contributed by atoms with Crippen molar-refractivity contribution >= 4 is 11.6 Å². The van der Waals surface area contributed by atoms with Crippen LogP contribution in [0.15, 0.2) is 66.7 Å². The highest BCUT2D eigenvalue weighted by Crippen LogP contribution is 2.37. The second kappa shape index (κ2) is 11.5. The molecule has 0 radical (unpaired) electrons. The van der Waals surface area contributed by atoms with E-state index in [2.05, 4.69) is 11.4 Å². The first-order valence-corrected chi connectivity index (χ1v) is 10.5. The molecular formula is C25H28ClNO3. The summed E-state index contributed by atoms with van der Waals surface area (Å²) in [5.74, 6) is 2.17. The van der Waals surface area contributed by atoms with Crippen LogP contribution >= 0.6 is 11.6 Å². The van der Waals surface area contributed by atoms with E-state index < -0.39 is 0 Å². The SMILES string of the molecule is CCOc1cc(CNCCc2ccccc2OC)cc(Cl)c1OCc1ccccc1. The Labute approximate surface area is 183 Å². The third kappa shape index (κ3) is 6.15. The molecule has 0 aliphatic heterocycles. The molecule has 0 spiro atoms. The lowest BCUT2D eigenvalue weighted by Crippen LogP contribution is -2.17. The van der Waals surface area contributed by atoms with Crippen molar-refractivity contribution in [2.75, 3.05) is 20.3 Å². The molecule has 0 saturated heterocycles. The second-order valence-corrected chi connectivity index (χ2v) is 7.26. The Morgan fingerprint density at radius 3 is 2.40 bits per heavy atom. The lowest BCUT2D eigenvalue weighted by molar-refractivity contribution is 0.269. The minimum Gasteiger partial charge on any atom is -0.496 e. The van der Waals surface area contributed by atoms with Gasteiger partial charge in [0.2, 0.25) is 0 Å². The zero-order chi connectivity index (χ0) is 21.2. The van der Waals surface area contributed by atoms with Crippen molar-refractivity contribution in [2.24, 2.45) is 0 Å². The van der Waals surface area contributed by atoms with Crippen molar-refractivity contribution in [1.82, 2.24) is 5.32 Å². The Bertz CT molecular complexity index is 931. The Morgan fingerprint density at radius 2 is 1.63 bits per heavy atom. The van der Waals surface area contributed by atoms with Crippen LogP contribution in [-0.2, 0) is 19.6 Å². The van der Waals surface area contributed by atoms with E-state index in [0.717, 1.165) is 29.8 Å². The summed E-state index contributed by atoms with van der Waals surface area (Å²) in [6.07, 6.45) is 0.883. The number of methoxy groups -OCH3 is 1. The normalized spacial score (nSPS) is 10.6. The summed E-state index contributed by atoms with van der Waals surface area (Å²) in [5, 5.41) is 4.02. The van der Waals surface area contributed by atoms with Crippen molar-refractivity contribution in [3.05, 3.63) is 88.4 Å². The first kappa shape index (κ1) is 22.0. The molecule has 3 aromatic carbocycles. The molecule has 30 heavy (non-hydrogen) atoms. The van der Waals surface area contributed by atoms with Gasteiger partial charge in [0.1, 0.15) is 12.4 Å². The largest absolute Gasteiger partial charge is 0.496 e. The van der Waals surface area contributed by atoms with E-state index in [9.17, 15) is 0 Å². The van der Waals surface area contributed by atoms with Gasteiger partial charge >= 0.3 is 0 Å². The molecule has 3 aromatic rings. The molecule has 0 aliphatic carbocycles. The van der Waals surface area contributed by atoms with Gasteiger partial charge in [-0.05, 0) is 54.8 Å². The molecule has 0 amide bonds.